The van der Waals surface area contributed by atoms with Gasteiger partial charge in [-0.25, -0.2) is 4.79 Å². The van der Waals surface area contributed by atoms with Crippen LogP contribution in [0.5, 0.6) is 0 Å². The highest BCUT2D eigenvalue weighted by atomic mass is 16.2. The molecule has 0 aliphatic carbocycles. The van der Waals surface area contributed by atoms with Gasteiger partial charge in [-0.1, -0.05) is 11.8 Å². The van der Waals surface area contributed by atoms with Crippen LogP contribution in [-0.4, -0.2) is 55.6 Å². The normalized spacial score (nSPS) is 15.4. The lowest BCUT2D eigenvalue weighted by molar-refractivity contribution is 0.214. The van der Waals surface area contributed by atoms with Crippen LogP contribution in [0.1, 0.15) is 19.8 Å². The van der Waals surface area contributed by atoms with E-state index < -0.39 is 0 Å². The zero-order valence-corrected chi connectivity index (χ0v) is 10.3. The summed E-state index contributed by atoms with van der Waals surface area (Å²) >= 11 is 0. The minimum atomic E-state index is -0.0574. The summed E-state index contributed by atoms with van der Waals surface area (Å²) in [7, 11) is 1.76. The van der Waals surface area contributed by atoms with Gasteiger partial charge in [-0.2, -0.15) is 0 Å². The molecule has 90 valence electrons. The number of hydrogen-bond donors (Lipinski definition) is 1. The molecule has 16 heavy (non-hydrogen) atoms. The quantitative estimate of drug-likeness (QED) is 0.717. The van der Waals surface area contributed by atoms with E-state index in [4.69, 9.17) is 0 Å². The first-order valence-electron chi connectivity index (χ1n) is 5.91. The van der Waals surface area contributed by atoms with Gasteiger partial charge in [0, 0.05) is 13.6 Å². The molecule has 1 N–H and O–H groups in total. The van der Waals surface area contributed by atoms with E-state index >= 15 is 0 Å². The Morgan fingerprint density at radius 3 is 2.69 bits per heavy atom. The molecular weight excluding hydrogens is 202 g/mol. The van der Waals surface area contributed by atoms with Gasteiger partial charge in [0.2, 0.25) is 0 Å². The lowest BCUT2D eigenvalue weighted by atomic mass is 10.4. The van der Waals surface area contributed by atoms with Crippen LogP contribution in [0.15, 0.2) is 0 Å². The Labute approximate surface area is 98.0 Å². The van der Waals surface area contributed by atoms with E-state index in [0.717, 1.165) is 6.54 Å². The Balaban J connectivity index is 2.17. The van der Waals surface area contributed by atoms with Gasteiger partial charge < -0.3 is 10.2 Å². The number of nitrogens with zero attached hydrogens (tertiary/aromatic N) is 2. The monoisotopic (exact) mass is 223 g/mol. The number of carbonyl (C=O) groups is 1. The highest BCUT2D eigenvalue weighted by Crippen LogP contribution is 2.05. The van der Waals surface area contributed by atoms with Crippen LogP contribution in [-0.2, 0) is 0 Å². The van der Waals surface area contributed by atoms with Gasteiger partial charge in [-0.3, -0.25) is 4.90 Å². The van der Waals surface area contributed by atoms with Crippen molar-refractivity contribution in [2.75, 3.05) is 39.8 Å². The summed E-state index contributed by atoms with van der Waals surface area (Å²) in [6, 6.07) is -0.0574. The van der Waals surface area contributed by atoms with Crippen molar-refractivity contribution < 1.29 is 4.79 Å². The standard InChI is InChI=1S/C12H21N3O/c1-3-13-12(16)14(2)8-4-5-9-15-10-6-7-11-15/h3,6-11H2,1-2H3,(H,13,16). The first-order valence-corrected chi connectivity index (χ1v) is 5.91. The molecule has 1 saturated heterocycles. The molecule has 1 heterocycles. The number of amides is 2. The minimum absolute atomic E-state index is 0.0574. The molecule has 0 spiro atoms. The number of hydrogen-bond acceptors (Lipinski definition) is 2. The highest BCUT2D eigenvalue weighted by Gasteiger charge is 2.09. The van der Waals surface area contributed by atoms with Crippen molar-refractivity contribution in [3.8, 4) is 11.8 Å². The number of rotatable bonds is 3. The van der Waals surface area contributed by atoms with Crippen molar-refractivity contribution in [2.45, 2.75) is 19.8 Å². The van der Waals surface area contributed by atoms with Gasteiger partial charge >= 0.3 is 6.03 Å². The lowest BCUT2D eigenvalue weighted by Gasteiger charge is -2.14. The first-order chi connectivity index (χ1) is 7.74. The SMILES string of the molecule is CCNC(=O)N(C)CC#CCN1CCCC1. The summed E-state index contributed by atoms with van der Waals surface area (Å²) in [5, 5.41) is 2.74. The molecule has 0 bridgehead atoms. The molecule has 0 saturated carbocycles. The fourth-order valence-electron chi connectivity index (χ4n) is 1.64. The fourth-order valence-corrected chi connectivity index (χ4v) is 1.64. The van der Waals surface area contributed by atoms with Crippen LogP contribution in [0.25, 0.3) is 0 Å². The molecule has 1 fully saturated rings. The zero-order chi connectivity index (χ0) is 11.8. The maximum absolute atomic E-state index is 11.3. The van der Waals surface area contributed by atoms with E-state index in [2.05, 4.69) is 22.1 Å². The summed E-state index contributed by atoms with van der Waals surface area (Å²) < 4.78 is 0. The highest BCUT2D eigenvalue weighted by molar-refractivity contribution is 5.74. The summed E-state index contributed by atoms with van der Waals surface area (Å²) in [5.41, 5.74) is 0. The summed E-state index contributed by atoms with van der Waals surface area (Å²) in [5.74, 6) is 6.13. The van der Waals surface area contributed by atoms with E-state index in [1.807, 2.05) is 6.92 Å². The summed E-state index contributed by atoms with van der Waals surface area (Å²) in [6.07, 6.45) is 2.58. The third-order valence-corrected chi connectivity index (χ3v) is 2.62. The molecule has 0 atom stereocenters. The molecule has 0 unspecified atom stereocenters. The molecule has 0 radical (unpaired) electrons. The molecule has 1 aliphatic rings. The molecule has 0 aromatic rings. The lowest BCUT2D eigenvalue weighted by Crippen LogP contribution is -2.37. The van der Waals surface area contributed by atoms with E-state index in [-0.39, 0.29) is 6.03 Å². The van der Waals surface area contributed by atoms with E-state index in [1.165, 1.54) is 25.9 Å². The third kappa shape index (κ3) is 4.54. The number of carbonyl (C=O) groups excluding carboxylic acids is 1. The van der Waals surface area contributed by atoms with E-state index in [9.17, 15) is 4.79 Å². The van der Waals surface area contributed by atoms with Crippen LogP contribution in [0.3, 0.4) is 0 Å². The number of nitrogens with one attached hydrogen (secondary N) is 1. The van der Waals surface area contributed by atoms with Gasteiger partial charge in [-0.05, 0) is 32.9 Å². The predicted molar refractivity (Wildman–Crippen MR) is 65.2 cm³/mol. The molecule has 2 amide bonds. The Bertz CT molecular complexity index is 274. The fraction of sp³-hybridized carbons (Fsp3) is 0.750. The van der Waals surface area contributed by atoms with Crippen LogP contribution in [0.2, 0.25) is 0 Å². The first kappa shape index (κ1) is 12.9. The van der Waals surface area contributed by atoms with Crippen molar-refractivity contribution in [2.24, 2.45) is 0 Å². The Hall–Kier alpha value is -1.21. The van der Waals surface area contributed by atoms with Gasteiger partial charge in [0.15, 0.2) is 0 Å². The summed E-state index contributed by atoms with van der Waals surface area (Å²) in [6.45, 7) is 6.24. The van der Waals surface area contributed by atoms with Crippen LogP contribution in [0.4, 0.5) is 4.79 Å². The van der Waals surface area contributed by atoms with Crippen LogP contribution in [0, 0.1) is 11.8 Å². The Morgan fingerprint density at radius 1 is 1.38 bits per heavy atom. The molecule has 1 rings (SSSR count). The molecule has 4 nitrogen and oxygen atoms in total. The van der Waals surface area contributed by atoms with Crippen molar-refractivity contribution in [1.82, 2.24) is 15.1 Å². The van der Waals surface area contributed by atoms with Crippen molar-refractivity contribution in [3.05, 3.63) is 0 Å². The van der Waals surface area contributed by atoms with E-state index in [1.54, 1.807) is 11.9 Å². The molecular formula is C12H21N3O. The van der Waals surface area contributed by atoms with Gasteiger partial charge in [-0.15, -0.1) is 0 Å². The Kier molecular flexibility index (Phi) is 5.73. The predicted octanol–water partition coefficient (Wildman–Crippen LogP) is 0.747. The van der Waals surface area contributed by atoms with Crippen molar-refractivity contribution >= 4 is 6.03 Å². The topological polar surface area (TPSA) is 35.6 Å². The summed E-state index contributed by atoms with van der Waals surface area (Å²) in [4.78, 5) is 15.3. The number of likely N-dealkylation sites (tertiary alicyclic amines) is 1. The minimum Gasteiger partial charge on any atom is -0.338 e. The second-order valence-electron chi connectivity index (χ2n) is 4.03. The van der Waals surface area contributed by atoms with Crippen molar-refractivity contribution in [3.63, 3.8) is 0 Å². The van der Waals surface area contributed by atoms with Gasteiger partial charge in [0.25, 0.3) is 0 Å². The maximum atomic E-state index is 11.3. The average molecular weight is 223 g/mol. The molecule has 4 heteroatoms. The average Bonchev–Trinajstić information content (AvgIpc) is 2.77. The van der Waals surface area contributed by atoms with Gasteiger partial charge in [0.1, 0.15) is 0 Å². The molecule has 1 aliphatic heterocycles. The number of urea groups is 1. The Morgan fingerprint density at radius 2 is 2.06 bits per heavy atom. The van der Waals surface area contributed by atoms with Crippen molar-refractivity contribution in [1.29, 1.82) is 0 Å². The van der Waals surface area contributed by atoms with Crippen LogP contribution >= 0.6 is 0 Å². The zero-order valence-electron chi connectivity index (χ0n) is 10.3. The van der Waals surface area contributed by atoms with Crippen LogP contribution < -0.4 is 5.32 Å². The molecule has 0 aromatic heterocycles. The third-order valence-electron chi connectivity index (χ3n) is 2.62. The second-order valence-corrected chi connectivity index (χ2v) is 4.03. The second kappa shape index (κ2) is 7.13. The van der Waals surface area contributed by atoms with Gasteiger partial charge in [0.05, 0.1) is 13.1 Å². The smallest absolute Gasteiger partial charge is 0.317 e. The van der Waals surface area contributed by atoms with E-state index in [0.29, 0.717) is 13.1 Å². The maximum Gasteiger partial charge on any atom is 0.317 e. The molecule has 0 aromatic carbocycles. The largest absolute Gasteiger partial charge is 0.338 e.